The van der Waals surface area contributed by atoms with Gasteiger partial charge in [0.25, 0.3) is 5.91 Å². The lowest BCUT2D eigenvalue weighted by Crippen LogP contribution is -2.10. The van der Waals surface area contributed by atoms with Gasteiger partial charge < -0.3 is 10.1 Å². The Bertz CT molecular complexity index is 1350. The standard InChI is InChI=1S/C24H15ClN2O2S2/c25-15-10-11-19(29-16-6-2-1-3-7-16)18(14-15)26-23(28)21-12-13-22(30-21)24-27-17-8-4-5-9-20(17)31-24/h1-14H,(H,26,28). The first-order valence-corrected chi connectivity index (χ1v) is 11.5. The molecule has 0 aliphatic carbocycles. The number of aromatic nitrogens is 1. The molecule has 7 heteroatoms. The minimum atomic E-state index is -0.225. The number of anilines is 1. The molecule has 0 aliphatic heterocycles. The summed E-state index contributed by atoms with van der Waals surface area (Å²) in [5.41, 5.74) is 1.47. The predicted molar refractivity (Wildman–Crippen MR) is 129 cm³/mol. The van der Waals surface area contributed by atoms with E-state index in [-0.39, 0.29) is 5.91 Å². The molecule has 1 N–H and O–H groups in total. The van der Waals surface area contributed by atoms with Crippen LogP contribution in [0.5, 0.6) is 11.5 Å². The first-order valence-electron chi connectivity index (χ1n) is 9.45. The maximum Gasteiger partial charge on any atom is 0.265 e. The van der Waals surface area contributed by atoms with E-state index in [2.05, 4.69) is 10.3 Å². The van der Waals surface area contributed by atoms with Gasteiger partial charge >= 0.3 is 0 Å². The smallest absolute Gasteiger partial charge is 0.265 e. The fourth-order valence-electron chi connectivity index (χ4n) is 3.04. The lowest BCUT2D eigenvalue weighted by Gasteiger charge is -2.12. The third kappa shape index (κ3) is 4.32. The van der Waals surface area contributed by atoms with Crippen LogP contribution in [0.15, 0.2) is 84.9 Å². The molecule has 2 heterocycles. The molecule has 0 aliphatic rings. The Labute approximate surface area is 191 Å². The molecular weight excluding hydrogens is 448 g/mol. The zero-order valence-corrected chi connectivity index (χ0v) is 18.4. The number of amides is 1. The molecule has 0 saturated heterocycles. The lowest BCUT2D eigenvalue weighted by atomic mass is 10.2. The van der Waals surface area contributed by atoms with E-state index in [4.69, 9.17) is 16.3 Å². The molecule has 0 spiro atoms. The van der Waals surface area contributed by atoms with Gasteiger partial charge in [0.15, 0.2) is 5.75 Å². The van der Waals surface area contributed by atoms with Crippen molar-refractivity contribution >= 4 is 56.1 Å². The van der Waals surface area contributed by atoms with E-state index in [0.717, 1.165) is 20.1 Å². The summed E-state index contributed by atoms with van der Waals surface area (Å²) < 4.78 is 7.05. The zero-order valence-electron chi connectivity index (χ0n) is 16.0. The van der Waals surface area contributed by atoms with Crippen molar-refractivity contribution < 1.29 is 9.53 Å². The number of hydrogen-bond donors (Lipinski definition) is 1. The number of ether oxygens (including phenoxy) is 1. The second kappa shape index (κ2) is 8.51. The number of thiazole rings is 1. The summed E-state index contributed by atoms with van der Waals surface area (Å²) in [7, 11) is 0. The number of nitrogens with zero attached hydrogens (tertiary/aromatic N) is 1. The van der Waals surface area contributed by atoms with Gasteiger partial charge in [-0.15, -0.1) is 22.7 Å². The summed E-state index contributed by atoms with van der Waals surface area (Å²) in [6, 6.07) is 26.3. The highest BCUT2D eigenvalue weighted by Crippen LogP contribution is 2.36. The Morgan fingerprint density at radius 2 is 1.71 bits per heavy atom. The fraction of sp³-hybridized carbons (Fsp3) is 0. The highest BCUT2D eigenvalue weighted by atomic mass is 35.5. The van der Waals surface area contributed by atoms with Crippen LogP contribution in [0.1, 0.15) is 9.67 Å². The Morgan fingerprint density at radius 1 is 0.903 bits per heavy atom. The van der Waals surface area contributed by atoms with E-state index in [9.17, 15) is 4.79 Å². The van der Waals surface area contributed by atoms with E-state index in [1.807, 2.05) is 66.7 Å². The summed E-state index contributed by atoms with van der Waals surface area (Å²) in [5, 5.41) is 4.34. The lowest BCUT2D eigenvalue weighted by molar-refractivity contribution is 0.103. The summed E-state index contributed by atoms with van der Waals surface area (Å²) in [6.07, 6.45) is 0. The molecule has 0 unspecified atom stereocenters. The Kier molecular flexibility index (Phi) is 5.42. The van der Waals surface area contributed by atoms with Crippen molar-refractivity contribution in [3.8, 4) is 21.4 Å². The van der Waals surface area contributed by atoms with Gasteiger partial charge in [-0.2, -0.15) is 0 Å². The molecule has 3 aromatic carbocycles. The minimum absolute atomic E-state index is 0.225. The molecule has 5 aromatic rings. The van der Waals surface area contributed by atoms with Crippen LogP contribution in [0.2, 0.25) is 5.02 Å². The predicted octanol–water partition coefficient (Wildman–Crippen LogP) is 7.72. The number of para-hydroxylation sites is 2. The first-order chi connectivity index (χ1) is 15.2. The number of carbonyl (C=O) groups excluding carboxylic acids is 1. The molecule has 1 amide bonds. The quantitative estimate of drug-likeness (QED) is 0.291. The minimum Gasteiger partial charge on any atom is -0.455 e. The van der Waals surface area contributed by atoms with Crippen molar-refractivity contribution in [3.05, 3.63) is 94.8 Å². The van der Waals surface area contributed by atoms with E-state index >= 15 is 0 Å². The van der Waals surface area contributed by atoms with Crippen molar-refractivity contribution in [1.29, 1.82) is 0 Å². The van der Waals surface area contributed by atoms with E-state index in [0.29, 0.717) is 27.1 Å². The fourth-order valence-corrected chi connectivity index (χ4v) is 5.13. The van der Waals surface area contributed by atoms with Crippen LogP contribution < -0.4 is 10.1 Å². The van der Waals surface area contributed by atoms with Crippen LogP contribution in [0.4, 0.5) is 5.69 Å². The SMILES string of the molecule is O=C(Nc1cc(Cl)ccc1Oc1ccccc1)c1ccc(-c2nc3ccccc3s2)s1. The van der Waals surface area contributed by atoms with Gasteiger partial charge in [0.1, 0.15) is 10.8 Å². The topological polar surface area (TPSA) is 51.2 Å². The first kappa shape index (κ1) is 19.8. The Hall–Kier alpha value is -3.19. The van der Waals surface area contributed by atoms with E-state index in [1.54, 1.807) is 29.5 Å². The average Bonchev–Trinajstić information content (AvgIpc) is 3.43. The summed E-state index contributed by atoms with van der Waals surface area (Å²) >= 11 is 9.18. The molecule has 0 saturated carbocycles. The molecule has 0 radical (unpaired) electrons. The van der Waals surface area contributed by atoms with Crippen LogP contribution >= 0.6 is 34.3 Å². The van der Waals surface area contributed by atoms with E-state index in [1.165, 1.54) is 11.3 Å². The summed E-state index contributed by atoms with van der Waals surface area (Å²) in [5.74, 6) is 0.971. The molecular formula is C24H15ClN2O2S2. The normalized spacial score (nSPS) is 10.9. The summed E-state index contributed by atoms with van der Waals surface area (Å²) in [6.45, 7) is 0. The molecule has 31 heavy (non-hydrogen) atoms. The maximum atomic E-state index is 12.9. The number of carbonyl (C=O) groups is 1. The molecule has 2 aromatic heterocycles. The van der Waals surface area contributed by atoms with Crippen molar-refractivity contribution in [2.24, 2.45) is 0 Å². The number of hydrogen-bond acceptors (Lipinski definition) is 5. The number of nitrogens with one attached hydrogen (secondary N) is 1. The van der Waals surface area contributed by atoms with Gasteiger partial charge in [-0.05, 0) is 54.6 Å². The number of halogens is 1. The highest BCUT2D eigenvalue weighted by molar-refractivity contribution is 7.26. The number of fused-ring (bicyclic) bond motifs is 1. The largest absolute Gasteiger partial charge is 0.455 e. The molecule has 5 rings (SSSR count). The zero-order chi connectivity index (χ0) is 21.2. The van der Waals surface area contributed by atoms with Crippen LogP contribution in [-0.4, -0.2) is 10.9 Å². The van der Waals surface area contributed by atoms with Crippen molar-refractivity contribution in [3.63, 3.8) is 0 Å². The molecule has 0 atom stereocenters. The monoisotopic (exact) mass is 462 g/mol. The van der Waals surface area contributed by atoms with E-state index < -0.39 is 0 Å². The van der Waals surface area contributed by atoms with Gasteiger partial charge in [0, 0.05) is 5.02 Å². The highest BCUT2D eigenvalue weighted by Gasteiger charge is 2.16. The average molecular weight is 463 g/mol. The van der Waals surface area contributed by atoms with Gasteiger partial charge in [0.05, 0.1) is 25.7 Å². The number of benzene rings is 3. The van der Waals surface area contributed by atoms with Crippen LogP contribution in [0.3, 0.4) is 0 Å². The Morgan fingerprint density at radius 3 is 2.55 bits per heavy atom. The maximum absolute atomic E-state index is 12.9. The molecule has 4 nitrogen and oxygen atoms in total. The van der Waals surface area contributed by atoms with Crippen molar-refractivity contribution in [2.45, 2.75) is 0 Å². The van der Waals surface area contributed by atoms with Crippen molar-refractivity contribution in [2.75, 3.05) is 5.32 Å². The molecule has 0 bridgehead atoms. The van der Waals surface area contributed by atoms with Gasteiger partial charge in [-0.3, -0.25) is 4.79 Å². The number of thiophene rings is 1. The third-order valence-corrected chi connectivity index (χ3v) is 7.02. The van der Waals surface area contributed by atoms with Crippen LogP contribution in [0.25, 0.3) is 20.1 Å². The third-order valence-electron chi connectivity index (χ3n) is 4.50. The van der Waals surface area contributed by atoms with Gasteiger partial charge in [0.2, 0.25) is 0 Å². The van der Waals surface area contributed by atoms with Crippen LogP contribution in [0, 0.1) is 0 Å². The molecule has 152 valence electrons. The second-order valence-electron chi connectivity index (χ2n) is 6.66. The summed E-state index contributed by atoms with van der Waals surface area (Å²) in [4.78, 5) is 19.1. The second-order valence-corrected chi connectivity index (χ2v) is 9.21. The number of rotatable bonds is 5. The van der Waals surface area contributed by atoms with Crippen LogP contribution in [-0.2, 0) is 0 Å². The molecule has 0 fully saturated rings. The van der Waals surface area contributed by atoms with Gasteiger partial charge in [-0.1, -0.05) is 41.9 Å². The van der Waals surface area contributed by atoms with Gasteiger partial charge in [-0.25, -0.2) is 4.98 Å². The Balaban J connectivity index is 1.39. The van der Waals surface area contributed by atoms with Crippen molar-refractivity contribution in [1.82, 2.24) is 4.98 Å².